The molecule has 0 atom stereocenters. The molecule has 4 nitrogen and oxygen atoms in total. The Kier molecular flexibility index (Phi) is 7.46. The maximum atomic E-state index is 13.4. The molecular weight excluding hydrogens is 548 g/mol. The number of alkyl halides is 3. The lowest BCUT2D eigenvalue weighted by atomic mass is 10.1. The minimum atomic E-state index is -4.55. The molecule has 0 amide bonds. The summed E-state index contributed by atoms with van der Waals surface area (Å²) >= 11 is 12.0. The molecule has 0 aliphatic rings. The van der Waals surface area contributed by atoms with E-state index in [0.717, 1.165) is 23.3 Å². The Morgan fingerprint density at radius 1 is 0.846 bits per heavy atom. The Morgan fingerprint density at radius 3 is 2.36 bits per heavy atom. The minimum absolute atomic E-state index is 0.0683. The van der Waals surface area contributed by atoms with Gasteiger partial charge in [0.1, 0.15) is 18.2 Å². The van der Waals surface area contributed by atoms with E-state index in [-0.39, 0.29) is 11.5 Å². The van der Waals surface area contributed by atoms with Crippen LogP contribution in [-0.2, 0) is 12.8 Å². The molecule has 5 aromatic rings. The number of hydrogen-bond acceptors (Lipinski definition) is 3. The van der Waals surface area contributed by atoms with Gasteiger partial charge in [-0.3, -0.25) is 9.36 Å². The Balaban J connectivity index is 1.45. The second-order valence-electron chi connectivity index (χ2n) is 8.62. The summed E-state index contributed by atoms with van der Waals surface area (Å²) in [6.07, 6.45) is -1.23. The Labute approximate surface area is 231 Å². The van der Waals surface area contributed by atoms with Gasteiger partial charge in [-0.1, -0.05) is 65.7 Å². The topological polar surface area (TPSA) is 44.1 Å². The van der Waals surface area contributed by atoms with Crippen LogP contribution in [0.4, 0.5) is 13.2 Å². The lowest BCUT2D eigenvalue weighted by Gasteiger charge is -2.14. The Bertz CT molecular complexity index is 1750. The third-order valence-corrected chi connectivity index (χ3v) is 6.67. The van der Waals surface area contributed by atoms with Crippen molar-refractivity contribution < 1.29 is 17.9 Å². The third-order valence-electron chi connectivity index (χ3n) is 5.93. The first-order valence-corrected chi connectivity index (χ1v) is 12.5. The van der Waals surface area contributed by atoms with Crippen LogP contribution in [0.15, 0.2) is 95.8 Å². The predicted octanol–water partition coefficient (Wildman–Crippen LogP) is 8.46. The standard InChI is InChI=1S/C30H19Cl2F3N2O2/c31-25-14-10-20(16-26(25)32)18-39-23-12-8-19(9-13-23)11-15-28-36-27-7-2-1-6-24(27)29(38)37(28)22-5-3-4-21(17-22)30(33,34)35/h1-17H,18H2/b15-11+. The SMILES string of the molecule is O=c1c2ccccc2nc(/C=C/c2ccc(OCc3ccc(Cl)c(Cl)c3)cc2)n1-c1cccc(C(F)(F)F)c1. The summed E-state index contributed by atoms with van der Waals surface area (Å²) < 4.78 is 47.2. The smallest absolute Gasteiger partial charge is 0.416 e. The number of rotatable bonds is 6. The maximum absolute atomic E-state index is 13.4. The average Bonchev–Trinajstić information content (AvgIpc) is 2.93. The number of halogens is 5. The molecule has 9 heteroatoms. The Morgan fingerprint density at radius 2 is 1.62 bits per heavy atom. The number of ether oxygens (including phenoxy) is 1. The molecule has 0 aliphatic heterocycles. The van der Waals surface area contributed by atoms with Crippen LogP contribution in [0, 0.1) is 0 Å². The van der Waals surface area contributed by atoms with Crippen molar-refractivity contribution in [3.63, 3.8) is 0 Å². The number of para-hydroxylation sites is 1. The van der Waals surface area contributed by atoms with Gasteiger partial charge in [-0.2, -0.15) is 13.2 Å². The molecule has 0 radical (unpaired) electrons. The number of aromatic nitrogens is 2. The van der Waals surface area contributed by atoms with Crippen LogP contribution >= 0.6 is 23.2 Å². The van der Waals surface area contributed by atoms with Crippen LogP contribution in [0.2, 0.25) is 10.0 Å². The normalized spacial score (nSPS) is 11.8. The summed E-state index contributed by atoms with van der Waals surface area (Å²) in [7, 11) is 0. The van der Waals surface area contributed by atoms with Crippen molar-refractivity contribution in [3.05, 3.63) is 134 Å². The van der Waals surface area contributed by atoms with Crippen LogP contribution in [-0.4, -0.2) is 9.55 Å². The highest BCUT2D eigenvalue weighted by molar-refractivity contribution is 6.42. The highest BCUT2D eigenvalue weighted by Crippen LogP contribution is 2.30. The van der Waals surface area contributed by atoms with Crippen molar-refractivity contribution in [3.8, 4) is 11.4 Å². The second kappa shape index (κ2) is 11.0. The molecule has 0 fully saturated rings. The molecule has 0 saturated heterocycles. The molecule has 1 aromatic heterocycles. The zero-order valence-electron chi connectivity index (χ0n) is 20.1. The number of hydrogen-bond donors (Lipinski definition) is 0. The van der Waals surface area contributed by atoms with Crippen molar-refractivity contribution in [1.82, 2.24) is 9.55 Å². The number of fused-ring (bicyclic) bond motifs is 1. The van der Waals surface area contributed by atoms with Gasteiger partial charge in [0.15, 0.2) is 0 Å². The van der Waals surface area contributed by atoms with Gasteiger partial charge in [0.25, 0.3) is 5.56 Å². The van der Waals surface area contributed by atoms with E-state index in [1.54, 1.807) is 60.7 Å². The largest absolute Gasteiger partial charge is 0.489 e. The summed E-state index contributed by atoms with van der Waals surface area (Å²) in [6, 6.07) is 23.8. The summed E-state index contributed by atoms with van der Waals surface area (Å²) in [5, 5.41) is 1.22. The van der Waals surface area contributed by atoms with E-state index in [4.69, 9.17) is 27.9 Å². The third kappa shape index (κ3) is 6.00. The fraction of sp³-hybridized carbons (Fsp3) is 0.0667. The number of nitrogens with zero attached hydrogens (tertiary/aromatic N) is 2. The molecule has 0 unspecified atom stereocenters. The number of benzene rings is 4. The van der Waals surface area contributed by atoms with Gasteiger partial charge in [0, 0.05) is 0 Å². The molecular formula is C30H19Cl2F3N2O2. The van der Waals surface area contributed by atoms with Crippen molar-refractivity contribution in [2.45, 2.75) is 12.8 Å². The monoisotopic (exact) mass is 566 g/mol. The van der Waals surface area contributed by atoms with E-state index in [9.17, 15) is 18.0 Å². The van der Waals surface area contributed by atoms with Gasteiger partial charge in [-0.25, -0.2) is 4.98 Å². The second-order valence-corrected chi connectivity index (χ2v) is 9.43. The van der Waals surface area contributed by atoms with Crippen LogP contribution < -0.4 is 10.3 Å². The van der Waals surface area contributed by atoms with E-state index in [1.165, 1.54) is 16.7 Å². The minimum Gasteiger partial charge on any atom is -0.489 e. The summed E-state index contributed by atoms with van der Waals surface area (Å²) in [5.74, 6) is 0.820. The summed E-state index contributed by atoms with van der Waals surface area (Å²) in [5.41, 5.74) is 0.825. The molecule has 0 aliphatic carbocycles. The van der Waals surface area contributed by atoms with Crippen LogP contribution in [0.1, 0.15) is 22.5 Å². The van der Waals surface area contributed by atoms with Gasteiger partial charge in [-0.05, 0) is 71.8 Å². The first-order chi connectivity index (χ1) is 18.7. The van der Waals surface area contributed by atoms with Crippen LogP contribution in [0.3, 0.4) is 0 Å². The first kappa shape index (κ1) is 26.5. The van der Waals surface area contributed by atoms with E-state index < -0.39 is 17.3 Å². The zero-order valence-corrected chi connectivity index (χ0v) is 21.6. The van der Waals surface area contributed by atoms with Gasteiger partial charge in [-0.15, -0.1) is 0 Å². The summed E-state index contributed by atoms with van der Waals surface area (Å²) in [6.45, 7) is 0.302. The fourth-order valence-corrected chi connectivity index (χ4v) is 4.30. The van der Waals surface area contributed by atoms with Gasteiger partial charge in [0.2, 0.25) is 0 Å². The fourth-order valence-electron chi connectivity index (χ4n) is 3.97. The van der Waals surface area contributed by atoms with Gasteiger partial charge in [0.05, 0.1) is 32.2 Å². The molecule has 196 valence electrons. The van der Waals surface area contributed by atoms with Crippen molar-refractivity contribution >= 4 is 46.3 Å². The highest BCUT2D eigenvalue weighted by atomic mass is 35.5. The van der Waals surface area contributed by atoms with E-state index in [0.29, 0.717) is 33.3 Å². The van der Waals surface area contributed by atoms with Crippen LogP contribution in [0.25, 0.3) is 28.7 Å². The highest BCUT2D eigenvalue weighted by Gasteiger charge is 2.30. The lowest BCUT2D eigenvalue weighted by molar-refractivity contribution is -0.137. The van der Waals surface area contributed by atoms with Gasteiger partial charge < -0.3 is 4.74 Å². The molecule has 39 heavy (non-hydrogen) atoms. The quantitative estimate of drug-likeness (QED) is 0.207. The van der Waals surface area contributed by atoms with Crippen molar-refractivity contribution in [2.24, 2.45) is 0 Å². The summed E-state index contributed by atoms with van der Waals surface area (Å²) in [4.78, 5) is 17.9. The molecule has 5 rings (SSSR count). The molecule has 4 aromatic carbocycles. The average molecular weight is 567 g/mol. The Hall–Kier alpha value is -4.07. The predicted molar refractivity (Wildman–Crippen MR) is 149 cm³/mol. The molecule has 1 heterocycles. The molecule has 0 N–H and O–H groups in total. The van der Waals surface area contributed by atoms with Crippen molar-refractivity contribution in [2.75, 3.05) is 0 Å². The zero-order chi connectivity index (χ0) is 27.6. The maximum Gasteiger partial charge on any atom is 0.416 e. The van der Waals surface area contributed by atoms with E-state index >= 15 is 0 Å². The van der Waals surface area contributed by atoms with Crippen molar-refractivity contribution in [1.29, 1.82) is 0 Å². The van der Waals surface area contributed by atoms with Crippen LogP contribution in [0.5, 0.6) is 5.75 Å². The molecule has 0 spiro atoms. The lowest BCUT2D eigenvalue weighted by Crippen LogP contribution is -2.22. The van der Waals surface area contributed by atoms with Gasteiger partial charge >= 0.3 is 6.18 Å². The molecule has 0 bridgehead atoms. The first-order valence-electron chi connectivity index (χ1n) is 11.7. The molecule has 0 saturated carbocycles. The van der Waals surface area contributed by atoms with E-state index in [2.05, 4.69) is 4.98 Å². The van der Waals surface area contributed by atoms with E-state index in [1.807, 2.05) is 18.2 Å².